The molecule has 1 aliphatic heterocycles. The molecule has 9 nitrogen and oxygen atoms in total. The summed E-state index contributed by atoms with van der Waals surface area (Å²) in [6.45, 7) is 4.78. The fourth-order valence-corrected chi connectivity index (χ4v) is 5.84. The third-order valence-corrected chi connectivity index (χ3v) is 7.55. The van der Waals surface area contributed by atoms with Gasteiger partial charge in [-0.1, -0.05) is 35.5 Å². The number of rotatable bonds is 8. The summed E-state index contributed by atoms with van der Waals surface area (Å²) in [5.74, 6) is 1.24. The first-order valence-corrected chi connectivity index (χ1v) is 13.2. The Hall–Kier alpha value is -3.82. The van der Waals surface area contributed by atoms with Gasteiger partial charge < -0.3 is 19.4 Å². The summed E-state index contributed by atoms with van der Waals surface area (Å²) in [4.78, 5) is 9.82. The lowest BCUT2D eigenvalue weighted by Crippen LogP contribution is -2.27. The first kappa shape index (κ1) is 24.5. The van der Waals surface area contributed by atoms with Crippen molar-refractivity contribution in [2.75, 3.05) is 38.8 Å². The van der Waals surface area contributed by atoms with Crippen molar-refractivity contribution in [2.24, 2.45) is 13.0 Å². The van der Waals surface area contributed by atoms with Crippen molar-refractivity contribution >= 4 is 27.8 Å². The number of fused-ring (bicyclic) bond motifs is 3. The standard InChI is InChI=1S/C29H33N7O2/c1-19-26(35(2)34-33-19)22-17-24-25(32-18-22)23-9-12-30-29(31-13-16-37-3)28(23)36(24)27(20-7-5-4-6-8-20)21-10-14-38-15-11-21/h4-9,12,17-18,21,27H,10-11,13-16H2,1-3H3,(H,30,31). The van der Waals surface area contributed by atoms with E-state index in [0.29, 0.717) is 19.1 Å². The van der Waals surface area contributed by atoms with Gasteiger partial charge in [0.1, 0.15) is 0 Å². The minimum atomic E-state index is 0.0927. The van der Waals surface area contributed by atoms with Crippen LogP contribution in [0.5, 0.6) is 0 Å². The fourth-order valence-electron chi connectivity index (χ4n) is 5.84. The summed E-state index contributed by atoms with van der Waals surface area (Å²) >= 11 is 0. The number of methoxy groups -OCH3 is 1. The van der Waals surface area contributed by atoms with Crippen LogP contribution in [0.1, 0.15) is 30.1 Å². The van der Waals surface area contributed by atoms with Gasteiger partial charge in [0.25, 0.3) is 0 Å². The minimum Gasteiger partial charge on any atom is -0.383 e. The maximum absolute atomic E-state index is 5.78. The number of nitrogens with zero attached hydrogens (tertiary/aromatic N) is 6. The molecule has 38 heavy (non-hydrogen) atoms. The van der Waals surface area contributed by atoms with Crippen LogP contribution in [0.15, 0.2) is 54.9 Å². The van der Waals surface area contributed by atoms with Gasteiger partial charge in [0.15, 0.2) is 5.82 Å². The molecule has 1 N–H and O–H groups in total. The second kappa shape index (κ2) is 10.5. The topological polar surface area (TPSA) is 91.9 Å². The summed E-state index contributed by atoms with van der Waals surface area (Å²) in [5, 5.41) is 13.1. The summed E-state index contributed by atoms with van der Waals surface area (Å²) in [6, 6.07) is 15.2. The van der Waals surface area contributed by atoms with Gasteiger partial charge in [0.2, 0.25) is 0 Å². The number of aryl methyl sites for hydroxylation is 2. The average Bonchev–Trinajstić information content (AvgIpc) is 3.46. The van der Waals surface area contributed by atoms with Gasteiger partial charge in [-0.15, -0.1) is 5.10 Å². The van der Waals surface area contributed by atoms with E-state index in [1.165, 1.54) is 5.56 Å². The molecular formula is C29H33N7O2. The van der Waals surface area contributed by atoms with E-state index in [0.717, 1.165) is 70.8 Å². The summed E-state index contributed by atoms with van der Waals surface area (Å²) in [5.41, 5.74) is 7.20. The smallest absolute Gasteiger partial charge is 0.150 e. The van der Waals surface area contributed by atoms with E-state index >= 15 is 0 Å². The van der Waals surface area contributed by atoms with Crippen LogP contribution in [0, 0.1) is 12.8 Å². The number of hydrogen-bond acceptors (Lipinski definition) is 7. The molecule has 4 aromatic heterocycles. The molecule has 1 atom stereocenters. The minimum absolute atomic E-state index is 0.0927. The Morgan fingerprint density at radius 2 is 1.95 bits per heavy atom. The largest absolute Gasteiger partial charge is 0.383 e. The van der Waals surface area contributed by atoms with Gasteiger partial charge in [0, 0.05) is 57.3 Å². The first-order valence-electron chi connectivity index (χ1n) is 13.2. The molecule has 1 saturated heterocycles. The monoisotopic (exact) mass is 511 g/mol. The van der Waals surface area contributed by atoms with Gasteiger partial charge in [-0.2, -0.15) is 0 Å². The van der Waals surface area contributed by atoms with Gasteiger partial charge in [-0.25, -0.2) is 9.67 Å². The molecule has 1 fully saturated rings. The lowest BCUT2D eigenvalue weighted by molar-refractivity contribution is 0.0553. The molecule has 0 radical (unpaired) electrons. The zero-order valence-electron chi connectivity index (χ0n) is 22.1. The summed E-state index contributed by atoms with van der Waals surface area (Å²) in [7, 11) is 3.63. The van der Waals surface area contributed by atoms with Crippen molar-refractivity contribution in [1.29, 1.82) is 0 Å². The van der Waals surface area contributed by atoms with Gasteiger partial charge in [-0.05, 0) is 43.4 Å². The number of pyridine rings is 2. The highest BCUT2D eigenvalue weighted by atomic mass is 16.5. The zero-order chi connectivity index (χ0) is 26.1. The maximum atomic E-state index is 5.78. The average molecular weight is 512 g/mol. The van der Waals surface area contributed by atoms with E-state index in [2.05, 4.69) is 62.7 Å². The molecule has 0 amide bonds. The molecule has 9 heteroatoms. The fraction of sp³-hybridized carbons (Fsp3) is 0.379. The van der Waals surface area contributed by atoms with E-state index in [1.807, 2.05) is 31.0 Å². The molecule has 1 aromatic carbocycles. The van der Waals surface area contributed by atoms with Crippen molar-refractivity contribution in [2.45, 2.75) is 25.8 Å². The van der Waals surface area contributed by atoms with Crippen molar-refractivity contribution < 1.29 is 9.47 Å². The van der Waals surface area contributed by atoms with E-state index < -0.39 is 0 Å². The lowest BCUT2D eigenvalue weighted by atomic mass is 9.86. The van der Waals surface area contributed by atoms with Gasteiger partial charge >= 0.3 is 0 Å². The Kier molecular flexibility index (Phi) is 6.78. The second-order valence-electron chi connectivity index (χ2n) is 9.89. The molecule has 1 unspecified atom stereocenters. The van der Waals surface area contributed by atoms with Crippen LogP contribution < -0.4 is 5.32 Å². The van der Waals surface area contributed by atoms with E-state index in [4.69, 9.17) is 19.4 Å². The molecule has 0 saturated carbocycles. The Labute approximate surface area is 221 Å². The van der Waals surface area contributed by atoms with E-state index in [-0.39, 0.29) is 6.04 Å². The summed E-state index contributed by atoms with van der Waals surface area (Å²) in [6.07, 6.45) is 5.77. The molecule has 5 heterocycles. The third-order valence-electron chi connectivity index (χ3n) is 7.55. The number of aromatic nitrogens is 6. The summed E-state index contributed by atoms with van der Waals surface area (Å²) < 4.78 is 15.4. The number of nitrogens with one attached hydrogen (secondary N) is 1. The van der Waals surface area contributed by atoms with Gasteiger partial charge in [-0.3, -0.25) is 4.98 Å². The molecule has 1 aliphatic rings. The maximum Gasteiger partial charge on any atom is 0.150 e. The number of ether oxygens (including phenoxy) is 2. The molecule has 0 aliphatic carbocycles. The number of benzene rings is 1. The zero-order valence-corrected chi connectivity index (χ0v) is 22.1. The molecule has 196 valence electrons. The SMILES string of the molecule is COCCNc1nccc2c3ncc(-c4c(C)nnn4C)cc3n(C(c3ccccc3)C3CCOCC3)c12. The van der Waals surface area contributed by atoms with Crippen LogP contribution in [-0.2, 0) is 16.5 Å². The van der Waals surface area contributed by atoms with Crippen molar-refractivity contribution in [1.82, 2.24) is 29.5 Å². The van der Waals surface area contributed by atoms with Crippen LogP contribution in [-0.4, -0.2) is 63.0 Å². The highest BCUT2D eigenvalue weighted by Crippen LogP contribution is 2.42. The normalized spacial score (nSPS) is 15.3. The van der Waals surface area contributed by atoms with Crippen LogP contribution in [0.25, 0.3) is 33.2 Å². The highest BCUT2D eigenvalue weighted by molar-refractivity contribution is 6.10. The number of hydrogen-bond donors (Lipinski definition) is 1. The quantitative estimate of drug-likeness (QED) is 0.300. The van der Waals surface area contributed by atoms with E-state index in [1.54, 1.807) is 7.11 Å². The van der Waals surface area contributed by atoms with Crippen LogP contribution >= 0.6 is 0 Å². The molecule has 6 rings (SSSR count). The predicted molar refractivity (Wildman–Crippen MR) is 148 cm³/mol. The first-order chi connectivity index (χ1) is 18.7. The van der Waals surface area contributed by atoms with Crippen LogP contribution in [0.3, 0.4) is 0 Å². The predicted octanol–water partition coefficient (Wildman–Crippen LogP) is 4.76. The van der Waals surface area contributed by atoms with Crippen molar-refractivity contribution in [3.63, 3.8) is 0 Å². The number of anilines is 1. The molecule has 0 spiro atoms. The Morgan fingerprint density at radius 3 is 2.68 bits per heavy atom. The Morgan fingerprint density at radius 1 is 1.13 bits per heavy atom. The molecular weight excluding hydrogens is 478 g/mol. The highest BCUT2D eigenvalue weighted by Gasteiger charge is 2.31. The Balaban J connectivity index is 1.66. The van der Waals surface area contributed by atoms with Crippen LogP contribution in [0.2, 0.25) is 0 Å². The van der Waals surface area contributed by atoms with Crippen molar-refractivity contribution in [3.8, 4) is 11.3 Å². The lowest BCUT2D eigenvalue weighted by Gasteiger charge is -2.33. The van der Waals surface area contributed by atoms with Gasteiger partial charge in [0.05, 0.1) is 40.6 Å². The molecule has 0 bridgehead atoms. The Bertz CT molecular complexity index is 1530. The second-order valence-corrected chi connectivity index (χ2v) is 9.89. The van der Waals surface area contributed by atoms with E-state index in [9.17, 15) is 0 Å². The molecule has 5 aromatic rings. The third kappa shape index (κ3) is 4.31. The van der Waals surface area contributed by atoms with Crippen molar-refractivity contribution in [3.05, 3.63) is 66.1 Å². The van der Waals surface area contributed by atoms with Crippen LogP contribution in [0.4, 0.5) is 5.82 Å².